The maximum atomic E-state index is 12.3. The number of esters is 1. The minimum absolute atomic E-state index is 0.0140. The summed E-state index contributed by atoms with van der Waals surface area (Å²) in [5.74, 6) is -5.69. The molecule has 0 radical (unpaired) electrons. The molecule has 5 N–H and O–H groups in total. The summed E-state index contributed by atoms with van der Waals surface area (Å²) in [7, 11) is 0. The van der Waals surface area contributed by atoms with Crippen molar-refractivity contribution in [2.75, 3.05) is 46.2 Å². The quantitative estimate of drug-likeness (QED) is 0.167. The van der Waals surface area contributed by atoms with Crippen molar-refractivity contribution in [2.45, 2.75) is 66.4 Å². The first-order valence-corrected chi connectivity index (χ1v) is 11.2. The van der Waals surface area contributed by atoms with E-state index >= 15 is 0 Å². The lowest BCUT2D eigenvalue weighted by atomic mass is 9.61. The molecule has 0 aliphatic heterocycles. The van der Waals surface area contributed by atoms with Crippen molar-refractivity contribution in [1.29, 1.82) is 0 Å². The van der Waals surface area contributed by atoms with Gasteiger partial charge < -0.3 is 39.7 Å². The maximum Gasteiger partial charge on any atom is 0.337 e. The normalized spacial score (nSPS) is 13.4. The van der Waals surface area contributed by atoms with Crippen molar-refractivity contribution in [3.8, 4) is 0 Å². The molecule has 0 saturated carbocycles. The van der Waals surface area contributed by atoms with Gasteiger partial charge in [0.2, 0.25) is 0 Å². The molecule has 0 aliphatic carbocycles. The Morgan fingerprint density at radius 2 is 1.24 bits per heavy atom. The third-order valence-corrected chi connectivity index (χ3v) is 5.02. The van der Waals surface area contributed by atoms with Crippen LogP contribution in [0, 0.1) is 11.3 Å². The van der Waals surface area contributed by atoms with Crippen molar-refractivity contribution >= 4 is 17.9 Å². The topological polar surface area (TPSA) is 180 Å². The number of carbonyl (C=O) groups excluding carboxylic acids is 1. The highest BCUT2D eigenvalue weighted by Gasteiger charge is 2.64. The van der Waals surface area contributed by atoms with E-state index in [4.69, 9.17) is 19.7 Å². The van der Waals surface area contributed by atoms with Crippen LogP contribution in [0.1, 0.15) is 60.8 Å². The second kappa shape index (κ2) is 20.8. The number of rotatable bonds is 15. The zero-order chi connectivity index (χ0) is 26.5. The zero-order valence-corrected chi connectivity index (χ0v) is 20.8. The van der Waals surface area contributed by atoms with E-state index in [-0.39, 0.29) is 39.1 Å². The SMILES string of the molecule is CCOC(=O)C(CC)(CC)C(O)(C(=O)O)C(CC)C(=O)O.CCOCC.OCCOCCO. The van der Waals surface area contributed by atoms with Crippen LogP contribution < -0.4 is 0 Å². The highest BCUT2D eigenvalue weighted by molar-refractivity contribution is 5.93. The fourth-order valence-corrected chi connectivity index (χ4v) is 3.27. The largest absolute Gasteiger partial charge is 0.481 e. The van der Waals surface area contributed by atoms with Gasteiger partial charge in [-0.15, -0.1) is 0 Å². The summed E-state index contributed by atoms with van der Waals surface area (Å²) in [5, 5.41) is 45.6. The molecular formula is C22H44O11. The molecular weight excluding hydrogens is 440 g/mol. The fraction of sp³-hybridized carbons (Fsp3) is 0.864. The van der Waals surface area contributed by atoms with E-state index in [9.17, 15) is 29.7 Å². The predicted molar refractivity (Wildman–Crippen MR) is 121 cm³/mol. The van der Waals surface area contributed by atoms with Crippen LogP contribution in [0.15, 0.2) is 0 Å². The molecule has 2 unspecified atom stereocenters. The summed E-state index contributed by atoms with van der Waals surface area (Å²) in [6.07, 6.45) is -0.219. The number of hydrogen-bond acceptors (Lipinski definition) is 9. The number of ether oxygens (including phenoxy) is 3. The number of carboxylic acid groups (broad SMARTS) is 2. The first-order chi connectivity index (χ1) is 15.5. The molecule has 198 valence electrons. The maximum absolute atomic E-state index is 12.3. The molecule has 0 spiro atoms. The average Bonchev–Trinajstić information content (AvgIpc) is 2.77. The second-order valence-corrected chi connectivity index (χ2v) is 6.72. The highest BCUT2D eigenvalue weighted by Crippen LogP contribution is 2.45. The van der Waals surface area contributed by atoms with Gasteiger partial charge >= 0.3 is 17.9 Å². The van der Waals surface area contributed by atoms with Crippen LogP contribution in [0.2, 0.25) is 0 Å². The summed E-state index contributed by atoms with van der Waals surface area (Å²) < 4.78 is 14.4. The van der Waals surface area contributed by atoms with Gasteiger partial charge in [0.15, 0.2) is 5.60 Å². The smallest absolute Gasteiger partial charge is 0.337 e. The van der Waals surface area contributed by atoms with Gasteiger partial charge in [-0.2, -0.15) is 0 Å². The van der Waals surface area contributed by atoms with Crippen LogP contribution in [0.5, 0.6) is 0 Å². The van der Waals surface area contributed by atoms with Gasteiger partial charge in [-0.3, -0.25) is 9.59 Å². The Kier molecular flexibility index (Phi) is 22.6. The van der Waals surface area contributed by atoms with Gasteiger partial charge in [0, 0.05) is 13.2 Å². The Bertz CT molecular complexity index is 514. The molecule has 0 heterocycles. The second-order valence-electron chi connectivity index (χ2n) is 6.72. The third-order valence-electron chi connectivity index (χ3n) is 5.02. The lowest BCUT2D eigenvalue weighted by molar-refractivity contribution is -0.208. The van der Waals surface area contributed by atoms with Crippen LogP contribution in [-0.4, -0.2) is 95.3 Å². The van der Waals surface area contributed by atoms with E-state index in [1.54, 1.807) is 6.92 Å². The van der Waals surface area contributed by atoms with Crippen molar-refractivity contribution in [3.63, 3.8) is 0 Å². The van der Waals surface area contributed by atoms with Crippen LogP contribution in [0.25, 0.3) is 0 Å². The number of aliphatic carboxylic acids is 2. The number of aliphatic hydroxyl groups excluding tert-OH is 2. The zero-order valence-electron chi connectivity index (χ0n) is 20.8. The van der Waals surface area contributed by atoms with Crippen LogP contribution in [0.3, 0.4) is 0 Å². The number of aliphatic hydroxyl groups is 3. The van der Waals surface area contributed by atoms with Crippen molar-refractivity contribution in [3.05, 3.63) is 0 Å². The molecule has 11 nitrogen and oxygen atoms in total. The monoisotopic (exact) mass is 484 g/mol. The molecule has 0 amide bonds. The van der Waals surface area contributed by atoms with Gasteiger partial charge in [-0.25, -0.2) is 4.79 Å². The Morgan fingerprint density at radius 1 is 0.788 bits per heavy atom. The molecule has 11 heteroatoms. The summed E-state index contributed by atoms with van der Waals surface area (Å²) in [6, 6.07) is 0. The third kappa shape index (κ3) is 11.3. The van der Waals surface area contributed by atoms with Crippen molar-refractivity contribution < 1.29 is 54.1 Å². The van der Waals surface area contributed by atoms with Gasteiger partial charge in [-0.05, 0) is 40.0 Å². The molecule has 0 rings (SSSR count). The minimum Gasteiger partial charge on any atom is -0.481 e. The van der Waals surface area contributed by atoms with Crippen LogP contribution in [-0.2, 0) is 28.6 Å². The molecule has 0 bridgehead atoms. The van der Waals surface area contributed by atoms with Gasteiger partial charge in [0.25, 0.3) is 0 Å². The van der Waals surface area contributed by atoms with Crippen molar-refractivity contribution in [1.82, 2.24) is 0 Å². The van der Waals surface area contributed by atoms with Crippen LogP contribution >= 0.6 is 0 Å². The molecule has 0 aromatic heterocycles. The van der Waals surface area contributed by atoms with E-state index in [0.717, 1.165) is 13.2 Å². The molecule has 33 heavy (non-hydrogen) atoms. The Labute approximate surface area is 196 Å². The van der Waals surface area contributed by atoms with E-state index < -0.39 is 34.8 Å². The number of carbonyl (C=O) groups is 3. The fourth-order valence-electron chi connectivity index (χ4n) is 3.27. The first kappa shape index (κ1) is 35.8. The van der Waals surface area contributed by atoms with Crippen molar-refractivity contribution in [2.24, 2.45) is 11.3 Å². The molecule has 0 saturated heterocycles. The molecule has 0 aliphatic rings. The van der Waals surface area contributed by atoms with Gasteiger partial charge in [-0.1, -0.05) is 20.8 Å². The lowest BCUT2D eigenvalue weighted by Gasteiger charge is -2.44. The predicted octanol–water partition coefficient (Wildman–Crippen LogP) is 1.31. The van der Waals surface area contributed by atoms with Gasteiger partial charge in [0.05, 0.1) is 39.0 Å². The minimum atomic E-state index is -2.73. The first-order valence-electron chi connectivity index (χ1n) is 11.2. The number of carboxylic acids is 2. The van der Waals surface area contributed by atoms with E-state index in [0.29, 0.717) is 13.2 Å². The van der Waals surface area contributed by atoms with Gasteiger partial charge in [0.1, 0.15) is 5.41 Å². The van der Waals surface area contributed by atoms with E-state index in [1.165, 1.54) is 20.8 Å². The summed E-state index contributed by atoms with van der Waals surface area (Å²) >= 11 is 0. The van der Waals surface area contributed by atoms with Crippen LogP contribution in [0.4, 0.5) is 0 Å². The molecule has 2 atom stereocenters. The lowest BCUT2D eigenvalue weighted by Crippen LogP contribution is -2.64. The molecule has 0 aromatic rings. The summed E-state index contributed by atoms with van der Waals surface area (Å²) in [6.45, 7) is 12.4. The summed E-state index contributed by atoms with van der Waals surface area (Å²) in [4.78, 5) is 35.3. The van der Waals surface area contributed by atoms with E-state index in [1.807, 2.05) is 13.8 Å². The Hall–Kier alpha value is -1.79. The Balaban J connectivity index is -0.000000612. The number of hydrogen-bond donors (Lipinski definition) is 5. The average molecular weight is 485 g/mol. The highest BCUT2D eigenvalue weighted by atomic mass is 16.5. The standard InChI is InChI=1S/C14H24O7.C4H10O3.C4H10O/c1-5-9(10(15)16)14(20,11(17)18)13(6-2,7-3)12(19)21-8-4;5-1-3-7-4-2-6;1-3-5-4-2/h9,20H,5-8H2,1-4H3,(H,15,16)(H,17,18);5-6H,1-4H2;3-4H2,1-2H3. The summed E-state index contributed by atoms with van der Waals surface area (Å²) in [5.41, 5.74) is -4.54. The van der Waals surface area contributed by atoms with E-state index in [2.05, 4.69) is 4.74 Å². The molecule has 0 fully saturated rings. The Morgan fingerprint density at radius 3 is 1.45 bits per heavy atom. The molecule has 0 aromatic carbocycles.